The summed E-state index contributed by atoms with van der Waals surface area (Å²) < 4.78 is 4.72. The lowest BCUT2D eigenvalue weighted by molar-refractivity contribution is -0.384. The number of nitro benzene ring substituents is 1. The molecule has 0 unspecified atom stereocenters. The topological polar surface area (TPSA) is 91.7 Å². The monoisotopic (exact) mass is 760 g/mol. The third-order valence-corrected chi connectivity index (χ3v) is 11.1. The minimum absolute atomic E-state index is 0.0230. The molecular weight excluding hydrogens is 729 g/mol. The van der Waals surface area contributed by atoms with Crippen molar-refractivity contribution < 1.29 is 4.92 Å². The van der Waals surface area contributed by atoms with Crippen LogP contribution in [0.3, 0.4) is 0 Å². The van der Waals surface area contributed by atoms with Gasteiger partial charge in [0.1, 0.15) is 0 Å². The molecule has 3 heterocycles. The van der Waals surface area contributed by atoms with Gasteiger partial charge in [-0.1, -0.05) is 127 Å². The van der Waals surface area contributed by atoms with E-state index in [0.717, 1.165) is 82.8 Å². The SMILES string of the molecule is O=[N+]([O-])c1ccc(-c2cc(-c3nc(-c4ccccc4)nc(-c4ccccc4)n3)ccc2-n2c3ccccc3c3ccc4c5ccccc5n(-c5ccccc5)c4c32)cc1. The second-order valence-corrected chi connectivity index (χ2v) is 14.5. The Morgan fingerprint density at radius 3 is 1.42 bits per heavy atom. The summed E-state index contributed by atoms with van der Waals surface area (Å²) in [7, 11) is 0. The lowest BCUT2D eigenvalue weighted by atomic mass is 9.99. The Morgan fingerprint density at radius 1 is 0.407 bits per heavy atom. The Kier molecular flexibility index (Phi) is 7.94. The van der Waals surface area contributed by atoms with Crippen molar-refractivity contribution >= 4 is 49.3 Å². The van der Waals surface area contributed by atoms with Crippen LogP contribution in [-0.2, 0) is 0 Å². The normalized spacial score (nSPS) is 11.5. The maximum Gasteiger partial charge on any atom is 0.269 e. The van der Waals surface area contributed by atoms with E-state index in [4.69, 9.17) is 15.0 Å². The third kappa shape index (κ3) is 5.65. The first-order valence-corrected chi connectivity index (χ1v) is 19.4. The average Bonchev–Trinajstić information content (AvgIpc) is 3.83. The lowest BCUT2D eigenvalue weighted by Crippen LogP contribution is -2.03. The van der Waals surface area contributed by atoms with Crippen LogP contribution in [0.1, 0.15) is 0 Å². The Balaban J connectivity index is 1.24. The predicted octanol–water partition coefficient (Wildman–Crippen LogP) is 12.6. The zero-order chi connectivity index (χ0) is 39.5. The van der Waals surface area contributed by atoms with Crippen LogP contribution < -0.4 is 0 Å². The van der Waals surface area contributed by atoms with Crippen LogP contribution in [0.15, 0.2) is 194 Å². The van der Waals surface area contributed by atoms with Crippen molar-refractivity contribution in [2.45, 2.75) is 0 Å². The first-order valence-electron chi connectivity index (χ1n) is 19.4. The van der Waals surface area contributed by atoms with Gasteiger partial charge in [-0.3, -0.25) is 10.1 Å². The smallest absolute Gasteiger partial charge is 0.269 e. The van der Waals surface area contributed by atoms with E-state index >= 15 is 0 Å². The number of hydrogen-bond donors (Lipinski definition) is 0. The number of nitro groups is 1. The zero-order valence-corrected chi connectivity index (χ0v) is 31.5. The summed E-state index contributed by atoms with van der Waals surface area (Å²) in [5.41, 5.74) is 10.5. The average molecular weight is 761 g/mol. The zero-order valence-electron chi connectivity index (χ0n) is 31.5. The van der Waals surface area contributed by atoms with Gasteiger partial charge in [0.25, 0.3) is 5.69 Å². The van der Waals surface area contributed by atoms with E-state index in [-0.39, 0.29) is 10.6 Å². The fourth-order valence-electron chi connectivity index (χ4n) is 8.40. The summed E-state index contributed by atoms with van der Waals surface area (Å²) in [6.45, 7) is 0. The van der Waals surface area contributed by atoms with Gasteiger partial charge in [-0.05, 0) is 60.2 Å². The molecule has 0 saturated carbocycles. The highest BCUT2D eigenvalue weighted by molar-refractivity contribution is 6.24. The Bertz CT molecular complexity index is 3340. The highest BCUT2D eigenvalue weighted by Gasteiger charge is 2.23. The molecule has 3 aromatic heterocycles. The first-order chi connectivity index (χ1) is 29.1. The van der Waals surface area contributed by atoms with Gasteiger partial charge in [-0.25, -0.2) is 15.0 Å². The summed E-state index contributed by atoms with van der Waals surface area (Å²) in [6.07, 6.45) is 0. The molecule has 0 aliphatic heterocycles. The standard InChI is InChI=1S/C51H32N6O2/c58-57(59)38-27-24-33(25-28-38)43-32-36(51-53-49(34-14-4-1-5-15-34)52-50(54-51)35-16-6-2-7-17-35)26-31-46(43)56-45-23-13-11-21-40(45)42-30-29-41-39-20-10-12-22-44(39)55(47(41)48(42)56)37-18-8-3-9-19-37/h1-32H. The van der Waals surface area contributed by atoms with Gasteiger partial charge in [0.2, 0.25) is 0 Å². The van der Waals surface area contributed by atoms with E-state index in [0.29, 0.717) is 17.5 Å². The fraction of sp³-hybridized carbons (Fsp3) is 0. The molecule has 0 fully saturated rings. The lowest BCUT2D eigenvalue weighted by Gasteiger charge is -2.17. The molecule has 0 radical (unpaired) electrons. The summed E-state index contributed by atoms with van der Waals surface area (Å²) in [4.78, 5) is 26.5. The second kappa shape index (κ2) is 13.8. The van der Waals surface area contributed by atoms with Crippen LogP contribution in [0, 0.1) is 10.1 Å². The van der Waals surface area contributed by atoms with Gasteiger partial charge in [0.15, 0.2) is 17.5 Å². The largest absolute Gasteiger partial charge is 0.307 e. The Morgan fingerprint density at radius 2 is 0.864 bits per heavy atom. The van der Waals surface area contributed by atoms with Crippen LogP contribution in [0.5, 0.6) is 0 Å². The van der Waals surface area contributed by atoms with E-state index in [9.17, 15) is 10.1 Å². The third-order valence-electron chi connectivity index (χ3n) is 11.1. The van der Waals surface area contributed by atoms with Crippen molar-refractivity contribution in [1.29, 1.82) is 0 Å². The molecule has 8 heteroatoms. The highest BCUT2D eigenvalue weighted by atomic mass is 16.6. The highest BCUT2D eigenvalue weighted by Crippen LogP contribution is 2.44. The summed E-state index contributed by atoms with van der Waals surface area (Å²) in [6, 6.07) is 64.9. The molecule has 11 aromatic rings. The van der Waals surface area contributed by atoms with Gasteiger partial charge in [-0.2, -0.15) is 0 Å². The van der Waals surface area contributed by atoms with Gasteiger partial charge >= 0.3 is 0 Å². The van der Waals surface area contributed by atoms with E-state index in [1.54, 1.807) is 12.1 Å². The molecule has 0 aliphatic rings. The van der Waals surface area contributed by atoms with Gasteiger partial charge in [0.05, 0.1) is 32.7 Å². The maximum absolute atomic E-state index is 11.9. The molecule has 11 rings (SSSR count). The van der Waals surface area contributed by atoms with Gasteiger partial charge < -0.3 is 9.13 Å². The molecule has 0 N–H and O–H groups in total. The summed E-state index contributed by atoms with van der Waals surface area (Å²) in [5.74, 6) is 1.64. The molecule has 0 bridgehead atoms. The Labute approximate surface area is 338 Å². The number of rotatable bonds is 7. The number of hydrogen-bond acceptors (Lipinski definition) is 5. The molecule has 0 aliphatic carbocycles. The number of aromatic nitrogens is 5. The molecule has 8 aromatic carbocycles. The molecule has 0 spiro atoms. The predicted molar refractivity (Wildman–Crippen MR) is 237 cm³/mol. The molecule has 8 nitrogen and oxygen atoms in total. The van der Waals surface area contributed by atoms with Crippen LogP contribution in [-0.4, -0.2) is 29.0 Å². The van der Waals surface area contributed by atoms with Crippen LogP contribution in [0.4, 0.5) is 5.69 Å². The van der Waals surface area contributed by atoms with E-state index in [2.05, 4.69) is 112 Å². The summed E-state index contributed by atoms with van der Waals surface area (Å²) in [5, 5.41) is 16.4. The molecule has 0 amide bonds. The molecular formula is C51H32N6O2. The maximum atomic E-state index is 11.9. The number of nitrogens with zero attached hydrogens (tertiary/aromatic N) is 6. The number of para-hydroxylation sites is 3. The van der Waals surface area contributed by atoms with Crippen LogP contribution in [0.25, 0.3) is 100 Å². The fourth-order valence-corrected chi connectivity index (χ4v) is 8.40. The molecule has 0 atom stereocenters. The molecule has 278 valence electrons. The minimum atomic E-state index is -0.367. The van der Waals surface area contributed by atoms with Crippen LogP contribution >= 0.6 is 0 Å². The molecule has 0 saturated heterocycles. The number of non-ortho nitro benzene ring substituents is 1. The first kappa shape index (κ1) is 34.1. The number of benzene rings is 8. The van der Waals surface area contributed by atoms with Crippen molar-refractivity contribution in [3.05, 3.63) is 204 Å². The minimum Gasteiger partial charge on any atom is -0.307 e. The van der Waals surface area contributed by atoms with Crippen molar-refractivity contribution in [1.82, 2.24) is 24.1 Å². The molecule has 59 heavy (non-hydrogen) atoms. The van der Waals surface area contributed by atoms with E-state index < -0.39 is 0 Å². The van der Waals surface area contributed by atoms with Gasteiger partial charge in [-0.15, -0.1) is 0 Å². The quantitative estimate of drug-likeness (QED) is 0.119. The Hall–Kier alpha value is -8.23. The van der Waals surface area contributed by atoms with Crippen molar-refractivity contribution in [2.75, 3.05) is 0 Å². The summed E-state index contributed by atoms with van der Waals surface area (Å²) >= 11 is 0. The van der Waals surface area contributed by atoms with Crippen molar-refractivity contribution in [3.8, 4) is 56.7 Å². The van der Waals surface area contributed by atoms with Gasteiger partial charge in [0, 0.05) is 61.6 Å². The van der Waals surface area contributed by atoms with Crippen molar-refractivity contribution in [3.63, 3.8) is 0 Å². The van der Waals surface area contributed by atoms with E-state index in [1.807, 2.05) is 78.9 Å². The van der Waals surface area contributed by atoms with Crippen molar-refractivity contribution in [2.24, 2.45) is 0 Å². The number of fused-ring (bicyclic) bond motifs is 7. The second-order valence-electron chi connectivity index (χ2n) is 14.5. The van der Waals surface area contributed by atoms with E-state index in [1.165, 1.54) is 0 Å². The van der Waals surface area contributed by atoms with Crippen LogP contribution in [0.2, 0.25) is 0 Å².